The van der Waals surface area contributed by atoms with Crippen LogP contribution in [0.2, 0.25) is 5.02 Å². The summed E-state index contributed by atoms with van der Waals surface area (Å²) in [5.41, 5.74) is -0.462. The Labute approximate surface area is 147 Å². The maximum Gasteiger partial charge on any atom is 0.322 e. The van der Waals surface area contributed by atoms with E-state index in [0.717, 1.165) is 12.1 Å². The van der Waals surface area contributed by atoms with Gasteiger partial charge in [-0.1, -0.05) is 17.7 Å². The van der Waals surface area contributed by atoms with Gasteiger partial charge in [-0.25, -0.2) is 23.5 Å². The third-order valence-corrected chi connectivity index (χ3v) is 3.92. The summed E-state index contributed by atoms with van der Waals surface area (Å²) in [4.78, 5) is 21.6. The van der Waals surface area contributed by atoms with E-state index < -0.39 is 23.4 Å². The molecule has 1 aromatic heterocycles. The summed E-state index contributed by atoms with van der Waals surface area (Å²) in [6.07, 6.45) is 3.91. The molecule has 1 atom stereocenters. The zero-order chi connectivity index (χ0) is 17.8. The lowest BCUT2D eigenvalue weighted by Crippen LogP contribution is -2.46. The fourth-order valence-corrected chi connectivity index (χ4v) is 2.63. The lowest BCUT2D eigenvalue weighted by Gasteiger charge is -2.32. The maximum absolute atomic E-state index is 13.6. The van der Waals surface area contributed by atoms with Crippen LogP contribution in [0.3, 0.4) is 0 Å². The van der Waals surface area contributed by atoms with E-state index in [1.807, 2.05) is 0 Å². The van der Waals surface area contributed by atoms with Gasteiger partial charge in [0.15, 0.2) is 0 Å². The molecule has 2 heterocycles. The number of hydrogen-bond acceptors (Lipinski definition) is 4. The Balaban J connectivity index is 1.62. The predicted octanol–water partition coefficient (Wildman–Crippen LogP) is 3.48. The standard InChI is InChI=1S/C16H15ClF2N4O2/c17-10-7-20-15(21-8-10)25-11-3-2-6-23(9-11)16(24)22-14-12(18)4-1-5-13(14)19/h1,4-5,7-8,11H,2-3,6,9H2,(H,22,24). The van der Waals surface area contributed by atoms with Crippen LogP contribution in [0.15, 0.2) is 30.6 Å². The topological polar surface area (TPSA) is 67.4 Å². The van der Waals surface area contributed by atoms with Crippen LogP contribution >= 0.6 is 11.6 Å². The molecule has 1 aliphatic rings. The second kappa shape index (κ2) is 7.60. The summed E-state index contributed by atoms with van der Waals surface area (Å²) in [5.74, 6) is -1.65. The van der Waals surface area contributed by atoms with Crippen LogP contribution in [0, 0.1) is 11.6 Å². The summed E-state index contributed by atoms with van der Waals surface area (Å²) in [6.45, 7) is 0.719. The van der Waals surface area contributed by atoms with Crippen molar-refractivity contribution in [2.24, 2.45) is 0 Å². The molecule has 1 fully saturated rings. The highest BCUT2D eigenvalue weighted by Gasteiger charge is 2.26. The zero-order valence-electron chi connectivity index (χ0n) is 13.1. The van der Waals surface area contributed by atoms with E-state index in [4.69, 9.17) is 16.3 Å². The molecule has 0 spiro atoms. The number of para-hydroxylation sites is 1. The monoisotopic (exact) mass is 368 g/mol. The smallest absolute Gasteiger partial charge is 0.322 e. The molecule has 3 rings (SSSR count). The third-order valence-electron chi connectivity index (χ3n) is 3.73. The molecule has 2 aromatic rings. The number of piperidine rings is 1. The number of hydrogen-bond donors (Lipinski definition) is 1. The Morgan fingerprint density at radius 3 is 2.64 bits per heavy atom. The van der Waals surface area contributed by atoms with Crippen molar-refractivity contribution in [1.82, 2.24) is 14.9 Å². The first-order chi connectivity index (χ1) is 12.0. The number of nitrogens with one attached hydrogen (secondary N) is 1. The van der Waals surface area contributed by atoms with Gasteiger partial charge in [0, 0.05) is 6.54 Å². The Bertz CT molecular complexity index is 740. The average molecular weight is 369 g/mol. The third kappa shape index (κ3) is 4.33. The molecule has 132 valence electrons. The number of amides is 2. The first-order valence-corrected chi connectivity index (χ1v) is 8.05. The lowest BCUT2D eigenvalue weighted by atomic mass is 10.1. The minimum absolute atomic E-state index is 0.164. The molecule has 1 saturated heterocycles. The highest BCUT2D eigenvalue weighted by molar-refractivity contribution is 6.30. The molecule has 0 bridgehead atoms. The van der Waals surface area contributed by atoms with Crippen molar-refractivity contribution >= 4 is 23.3 Å². The number of ether oxygens (including phenoxy) is 1. The SMILES string of the molecule is O=C(Nc1c(F)cccc1F)N1CCCC(Oc2ncc(Cl)cn2)C1. The minimum atomic E-state index is -0.826. The van der Waals surface area contributed by atoms with E-state index in [2.05, 4.69) is 15.3 Å². The largest absolute Gasteiger partial charge is 0.458 e. The Morgan fingerprint density at radius 2 is 1.96 bits per heavy atom. The molecule has 1 N–H and O–H groups in total. The van der Waals surface area contributed by atoms with Crippen LogP contribution < -0.4 is 10.1 Å². The van der Waals surface area contributed by atoms with E-state index in [9.17, 15) is 13.6 Å². The number of rotatable bonds is 3. The molecule has 0 radical (unpaired) electrons. The summed E-state index contributed by atoms with van der Waals surface area (Å²) in [5, 5.41) is 2.67. The summed E-state index contributed by atoms with van der Waals surface area (Å²) < 4.78 is 32.9. The average Bonchev–Trinajstić information content (AvgIpc) is 2.60. The van der Waals surface area contributed by atoms with Gasteiger partial charge in [-0.15, -0.1) is 0 Å². The molecule has 25 heavy (non-hydrogen) atoms. The lowest BCUT2D eigenvalue weighted by molar-refractivity contribution is 0.0982. The molecule has 0 saturated carbocycles. The van der Waals surface area contributed by atoms with Gasteiger partial charge in [-0.3, -0.25) is 0 Å². The van der Waals surface area contributed by atoms with Gasteiger partial charge in [0.25, 0.3) is 0 Å². The molecular weight excluding hydrogens is 354 g/mol. The van der Waals surface area contributed by atoms with E-state index in [-0.39, 0.29) is 18.7 Å². The van der Waals surface area contributed by atoms with Gasteiger partial charge in [0.1, 0.15) is 23.4 Å². The zero-order valence-corrected chi connectivity index (χ0v) is 13.8. The Morgan fingerprint density at radius 1 is 1.28 bits per heavy atom. The van der Waals surface area contributed by atoms with Crippen molar-refractivity contribution in [3.8, 4) is 6.01 Å². The van der Waals surface area contributed by atoms with Gasteiger partial charge in [-0.2, -0.15) is 0 Å². The van der Waals surface area contributed by atoms with Gasteiger partial charge >= 0.3 is 12.0 Å². The number of likely N-dealkylation sites (tertiary alicyclic amines) is 1. The van der Waals surface area contributed by atoms with E-state index in [0.29, 0.717) is 24.4 Å². The number of halogens is 3. The normalized spacial score (nSPS) is 17.2. The Kier molecular flexibility index (Phi) is 5.28. The van der Waals surface area contributed by atoms with Gasteiger partial charge in [0.05, 0.1) is 24.0 Å². The number of urea groups is 1. The molecular formula is C16H15ClF2N4O2. The van der Waals surface area contributed by atoms with Crippen molar-refractivity contribution in [2.45, 2.75) is 18.9 Å². The number of carbonyl (C=O) groups excluding carboxylic acids is 1. The highest BCUT2D eigenvalue weighted by Crippen LogP contribution is 2.21. The second-order valence-electron chi connectivity index (χ2n) is 5.54. The number of aromatic nitrogens is 2. The van der Waals surface area contributed by atoms with Crippen molar-refractivity contribution in [1.29, 1.82) is 0 Å². The predicted molar refractivity (Wildman–Crippen MR) is 87.6 cm³/mol. The van der Waals surface area contributed by atoms with Crippen molar-refractivity contribution in [2.75, 3.05) is 18.4 Å². The first kappa shape index (κ1) is 17.3. The van der Waals surface area contributed by atoms with Crippen LogP contribution in [0.1, 0.15) is 12.8 Å². The number of carbonyl (C=O) groups is 1. The van der Waals surface area contributed by atoms with Crippen molar-refractivity contribution < 1.29 is 18.3 Å². The highest BCUT2D eigenvalue weighted by atomic mass is 35.5. The van der Waals surface area contributed by atoms with Gasteiger partial charge in [0.2, 0.25) is 0 Å². The van der Waals surface area contributed by atoms with Crippen LogP contribution in [-0.2, 0) is 0 Å². The fraction of sp³-hybridized carbons (Fsp3) is 0.312. The van der Waals surface area contributed by atoms with Gasteiger partial charge < -0.3 is 15.0 Å². The van der Waals surface area contributed by atoms with E-state index in [1.165, 1.54) is 23.4 Å². The fourth-order valence-electron chi connectivity index (χ4n) is 2.53. The number of anilines is 1. The first-order valence-electron chi connectivity index (χ1n) is 7.67. The van der Waals surface area contributed by atoms with Crippen LogP contribution in [0.25, 0.3) is 0 Å². The molecule has 9 heteroatoms. The van der Waals surface area contributed by atoms with Crippen molar-refractivity contribution in [3.05, 3.63) is 47.2 Å². The molecule has 6 nitrogen and oxygen atoms in total. The molecule has 1 aliphatic heterocycles. The van der Waals surface area contributed by atoms with E-state index in [1.54, 1.807) is 0 Å². The maximum atomic E-state index is 13.6. The molecule has 0 aliphatic carbocycles. The molecule has 1 unspecified atom stereocenters. The minimum Gasteiger partial charge on any atom is -0.458 e. The molecule has 2 amide bonds. The number of nitrogens with zero attached hydrogens (tertiary/aromatic N) is 3. The summed E-state index contributed by atoms with van der Waals surface area (Å²) in [6, 6.07) is 2.97. The summed E-state index contributed by atoms with van der Waals surface area (Å²) >= 11 is 5.72. The van der Waals surface area contributed by atoms with Crippen LogP contribution in [0.5, 0.6) is 6.01 Å². The molecule has 1 aromatic carbocycles. The Hall–Kier alpha value is -2.48. The van der Waals surface area contributed by atoms with E-state index >= 15 is 0 Å². The van der Waals surface area contributed by atoms with Crippen LogP contribution in [-0.4, -0.2) is 40.1 Å². The number of benzene rings is 1. The second-order valence-corrected chi connectivity index (χ2v) is 5.98. The summed E-state index contributed by atoms with van der Waals surface area (Å²) in [7, 11) is 0. The van der Waals surface area contributed by atoms with Crippen molar-refractivity contribution in [3.63, 3.8) is 0 Å². The van der Waals surface area contributed by atoms with Gasteiger partial charge in [-0.05, 0) is 25.0 Å². The quantitative estimate of drug-likeness (QED) is 0.900. The van der Waals surface area contributed by atoms with Crippen LogP contribution in [0.4, 0.5) is 19.3 Å².